The van der Waals surface area contributed by atoms with Crippen molar-refractivity contribution in [2.45, 2.75) is 40.0 Å². The largest absolute Gasteiger partial charge is 0.206 e. The quantitative estimate of drug-likeness (QED) is 0.454. The summed E-state index contributed by atoms with van der Waals surface area (Å²) in [6.07, 6.45) is 3.36. The molecule has 0 atom stereocenters. The molecule has 0 unspecified atom stereocenters. The van der Waals surface area contributed by atoms with Crippen LogP contribution in [0.1, 0.15) is 36.5 Å². The molecule has 3 aromatic rings. The average molecular weight is 350 g/mol. The minimum absolute atomic E-state index is 0.280. The molecule has 0 saturated heterocycles. The predicted octanol–water partition coefficient (Wildman–Crippen LogP) is 7.26. The van der Waals surface area contributed by atoms with Crippen molar-refractivity contribution in [2.24, 2.45) is 0 Å². The lowest BCUT2D eigenvalue weighted by atomic mass is 9.96. The summed E-state index contributed by atoms with van der Waals surface area (Å²) >= 11 is 0. The van der Waals surface area contributed by atoms with Crippen molar-refractivity contribution < 1.29 is 8.78 Å². The second kappa shape index (κ2) is 7.82. The molecule has 2 heteroatoms. The molecule has 0 radical (unpaired) electrons. The van der Waals surface area contributed by atoms with Crippen molar-refractivity contribution in [1.29, 1.82) is 0 Å². The van der Waals surface area contributed by atoms with Crippen LogP contribution < -0.4 is 0 Å². The maximum Gasteiger partial charge on any atom is 0.134 e. The van der Waals surface area contributed by atoms with Crippen molar-refractivity contribution in [2.75, 3.05) is 0 Å². The third-order valence-electron chi connectivity index (χ3n) is 5.02. The molecule has 0 nitrogen and oxygen atoms in total. The van der Waals surface area contributed by atoms with Gasteiger partial charge in [0.25, 0.3) is 0 Å². The Morgan fingerprint density at radius 1 is 0.769 bits per heavy atom. The molecule has 0 N–H and O–H groups in total. The lowest BCUT2D eigenvalue weighted by Crippen LogP contribution is -1.93. The van der Waals surface area contributed by atoms with E-state index in [4.69, 9.17) is 0 Å². The van der Waals surface area contributed by atoms with Crippen molar-refractivity contribution in [3.05, 3.63) is 82.9 Å². The smallest absolute Gasteiger partial charge is 0.134 e. The molecular weight excluding hydrogens is 326 g/mol. The van der Waals surface area contributed by atoms with Gasteiger partial charge in [0.05, 0.1) is 0 Å². The van der Waals surface area contributed by atoms with E-state index in [2.05, 4.69) is 19.1 Å². The van der Waals surface area contributed by atoms with E-state index in [1.807, 2.05) is 25.1 Å². The Kier molecular flexibility index (Phi) is 5.51. The van der Waals surface area contributed by atoms with Gasteiger partial charge < -0.3 is 0 Å². The first-order valence-corrected chi connectivity index (χ1v) is 9.16. The Balaban J connectivity index is 1.92. The minimum atomic E-state index is -0.332. The fourth-order valence-corrected chi connectivity index (χ4v) is 3.15. The standard InChI is InChI=1S/C24H24F2/c1-4-5-6-18-8-10-19(11-9-18)21-14-12-20(15-23(21)25)22-13-7-16(2)17(3)24(22)26/h7-15H,4-6H2,1-3H3. The van der Waals surface area contributed by atoms with Crippen LogP contribution in [0, 0.1) is 25.5 Å². The molecule has 0 aliphatic heterocycles. The molecule has 0 bridgehead atoms. The first-order valence-electron chi connectivity index (χ1n) is 9.16. The number of halogens is 2. The second-order valence-corrected chi connectivity index (χ2v) is 6.86. The highest BCUT2D eigenvalue weighted by Crippen LogP contribution is 2.31. The maximum atomic E-state index is 14.7. The summed E-state index contributed by atoms with van der Waals surface area (Å²) in [5.41, 5.74) is 5.15. The molecular formula is C24H24F2. The van der Waals surface area contributed by atoms with Gasteiger partial charge in [-0.25, -0.2) is 8.78 Å². The highest BCUT2D eigenvalue weighted by atomic mass is 19.1. The first-order chi connectivity index (χ1) is 12.5. The zero-order valence-electron chi connectivity index (χ0n) is 15.6. The number of hydrogen-bond donors (Lipinski definition) is 0. The van der Waals surface area contributed by atoms with Crippen molar-refractivity contribution in [1.82, 2.24) is 0 Å². The highest BCUT2D eigenvalue weighted by Gasteiger charge is 2.12. The summed E-state index contributed by atoms with van der Waals surface area (Å²) in [6.45, 7) is 5.79. The van der Waals surface area contributed by atoms with Crippen LogP contribution >= 0.6 is 0 Å². The third kappa shape index (κ3) is 3.70. The molecule has 0 aliphatic carbocycles. The van der Waals surface area contributed by atoms with Crippen LogP contribution in [0.2, 0.25) is 0 Å². The number of rotatable bonds is 5. The van der Waals surface area contributed by atoms with Crippen LogP contribution in [0.25, 0.3) is 22.3 Å². The molecule has 0 spiro atoms. The lowest BCUT2D eigenvalue weighted by molar-refractivity contribution is 0.618. The van der Waals surface area contributed by atoms with Crippen LogP contribution in [0.5, 0.6) is 0 Å². The van der Waals surface area contributed by atoms with Crippen LogP contribution in [0.4, 0.5) is 8.78 Å². The molecule has 3 rings (SSSR count). The van der Waals surface area contributed by atoms with Gasteiger partial charge in [0.1, 0.15) is 11.6 Å². The zero-order valence-corrected chi connectivity index (χ0v) is 15.6. The van der Waals surface area contributed by atoms with Crippen LogP contribution in [-0.4, -0.2) is 0 Å². The number of unbranched alkanes of at least 4 members (excludes halogenated alkanes) is 1. The average Bonchev–Trinajstić information content (AvgIpc) is 2.65. The van der Waals surface area contributed by atoms with E-state index < -0.39 is 0 Å². The molecule has 0 saturated carbocycles. The monoisotopic (exact) mass is 350 g/mol. The second-order valence-electron chi connectivity index (χ2n) is 6.86. The van der Waals surface area contributed by atoms with E-state index >= 15 is 0 Å². The van der Waals surface area contributed by atoms with Crippen molar-refractivity contribution in [3.8, 4) is 22.3 Å². The summed E-state index contributed by atoms with van der Waals surface area (Å²) < 4.78 is 29.2. The van der Waals surface area contributed by atoms with Crippen molar-refractivity contribution >= 4 is 0 Å². The maximum absolute atomic E-state index is 14.7. The number of hydrogen-bond acceptors (Lipinski definition) is 0. The Labute approximate surface area is 154 Å². The lowest BCUT2D eigenvalue weighted by Gasteiger charge is -2.11. The van der Waals surface area contributed by atoms with Crippen LogP contribution in [-0.2, 0) is 6.42 Å². The Morgan fingerprint density at radius 2 is 1.42 bits per heavy atom. The van der Waals surface area contributed by atoms with Gasteiger partial charge in [-0.2, -0.15) is 0 Å². The third-order valence-corrected chi connectivity index (χ3v) is 5.02. The fraction of sp³-hybridized carbons (Fsp3) is 0.250. The topological polar surface area (TPSA) is 0 Å². The Hall–Kier alpha value is -2.48. The van der Waals surface area contributed by atoms with Gasteiger partial charge in [0.2, 0.25) is 0 Å². The van der Waals surface area contributed by atoms with Gasteiger partial charge in [-0.05, 0) is 60.6 Å². The Morgan fingerprint density at radius 3 is 2.08 bits per heavy atom. The SMILES string of the molecule is CCCCc1ccc(-c2ccc(-c3ccc(C)c(C)c3F)cc2F)cc1. The normalized spacial score (nSPS) is 11.0. The van der Waals surface area contributed by atoms with Gasteiger partial charge in [0, 0.05) is 11.1 Å². The van der Waals surface area contributed by atoms with Crippen molar-refractivity contribution in [3.63, 3.8) is 0 Å². The van der Waals surface area contributed by atoms with Crippen LogP contribution in [0.3, 0.4) is 0 Å². The van der Waals surface area contributed by atoms with E-state index in [1.165, 1.54) is 11.6 Å². The molecule has 0 heterocycles. The summed E-state index contributed by atoms with van der Waals surface area (Å²) in [7, 11) is 0. The Bertz CT molecular complexity index is 908. The van der Waals surface area contributed by atoms with E-state index in [9.17, 15) is 8.78 Å². The summed E-state index contributed by atoms with van der Waals surface area (Å²) in [6, 6.07) is 16.6. The van der Waals surface area contributed by atoms with Gasteiger partial charge in [0.15, 0.2) is 0 Å². The zero-order chi connectivity index (χ0) is 18.7. The fourth-order valence-electron chi connectivity index (χ4n) is 3.15. The molecule has 0 fully saturated rings. The highest BCUT2D eigenvalue weighted by molar-refractivity contribution is 5.72. The molecule has 26 heavy (non-hydrogen) atoms. The number of benzene rings is 3. The molecule has 0 aromatic heterocycles. The van der Waals surface area contributed by atoms with E-state index in [1.54, 1.807) is 25.1 Å². The summed E-state index contributed by atoms with van der Waals surface area (Å²) in [5, 5.41) is 0. The van der Waals surface area contributed by atoms with Crippen LogP contribution in [0.15, 0.2) is 54.6 Å². The first kappa shape index (κ1) is 18.3. The minimum Gasteiger partial charge on any atom is -0.206 e. The molecule has 134 valence electrons. The van der Waals surface area contributed by atoms with Gasteiger partial charge in [-0.1, -0.05) is 61.9 Å². The van der Waals surface area contributed by atoms with E-state index in [0.717, 1.165) is 30.4 Å². The molecule has 0 aliphatic rings. The summed E-state index contributed by atoms with van der Waals surface area (Å²) in [5.74, 6) is -0.612. The van der Waals surface area contributed by atoms with Gasteiger partial charge in [-0.15, -0.1) is 0 Å². The molecule has 3 aromatic carbocycles. The molecule has 0 amide bonds. The number of aryl methyl sites for hydroxylation is 2. The van der Waals surface area contributed by atoms with E-state index in [-0.39, 0.29) is 11.6 Å². The van der Waals surface area contributed by atoms with E-state index in [0.29, 0.717) is 22.3 Å². The predicted molar refractivity (Wildman–Crippen MR) is 105 cm³/mol. The summed E-state index contributed by atoms with van der Waals surface area (Å²) in [4.78, 5) is 0. The van der Waals surface area contributed by atoms with Gasteiger partial charge >= 0.3 is 0 Å². The van der Waals surface area contributed by atoms with Gasteiger partial charge in [-0.3, -0.25) is 0 Å².